The van der Waals surface area contributed by atoms with Crippen molar-refractivity contribution in [2.45, 2.75) is 24.8 Å². The van der Waals surface area contributed by atoms with Crippen molar-refractivity contribution >= 4 is 37.5 Å². The Bertz CT molecular complexity index is 1290. The summed E-state index contributed by atoms with van der Waals surface area (Å²) in [6.45, 7) is 3.33. The number of ether oxygens (including phenoxy) is 3. The number of nitrogens with two attached hydrogens (primary N) is 1. The summed E-state index contributed by atoms with van der Waals surface area (Å²) in [5, 5.41) is 5.26. The predicted octanol–water partition coefficient (Wildman–Crippen LogP) is 2.07. The number of fused-ring (bicyclic) bond motifs is 1. The molecule has 0 aliphatic heterocycles. The molecule has 1 aromatic heterocycles. The van der Waals surface area contributed by atoms with Gasteiger partial charge in [0.25, 0.3) is 5.91 Å². The number of thiazole rings is 1. The van der Waals surface area contributed by atoms with Gasteiger partial charge < -0.3 is 18.8 Å². The number of hydrogen-bond acceptors (Lipinski definition) is 7. The lowest BCUT2D eigenvalue weighted by Gasteiger charge is -2.09. The first kappa shape index (κ1) is 23.9. The van der Waals surface area contributed by atoms with Crippen molar-refractivity contribution in [3.63, 3.8) is 0 Å². The maximum Gasteiger partial charge on any atom is 0.252 e. The summed E-state index contributed by atoms with van der Waals surface area (Å²) in [6, 6.07) is 9.81. The molecule has 2 aromatic carbocycles. The summed E-state index contributed by atoms with van der Waals surface area (Å²) in [4.78, 5) is 17.5. The molecule has 32 heavy (non-hydrogen) atoms. The van der Waals surface area contributed by atoms with Gasteiger partial charge in [0.2, 0.25) is 10.0 Å². The number of primary sulfonamides is 1. The van der Waals surface area contributed by atoms with Gasteiger partial charge in [-0.2, -0.15) is 4.99 Å². The summed E-state index contributed by atoms with van der Waals surface area (Å²) in [5.41, 5.74) is 1.43. The van der Waals surface area contributed by atoms with Gasteiger partial charge in [-0.25, -0.2) is 13.6 Å². The highest BCUT2D eigenvalue weighted by molar-refractivity contribution is 7.89. The second-order valence-corrected chi connectivity index (χ2v) is 9.34. The summed E-state index contributed by atoms with van der Waals surface area (Å²) in [5.74, 6) is 0.794. The first-order valence-electron chi connectivity index (χ1n) is 9.79. The highest BCUT2D eigenvalue weighted by Gasteiger charge is 2.14. The van der Waals surface area contributed by atoms with Crippen LogP contribution in [0.4, 0.5) is 0 Å². The van der Waals surface area contributed by atoms with E-state index in [-0.39, 0.29) is 17.2 Å². The molecule has 0 saturated carbocycles. The maximum atomic E-state index is 12.8. The second-order valence-electron chi connectivity index (χ2n) is 6.77. The molecule has 3 aromatic rings. The fraction of sp³-hybridized carbons (Fsp3) is 0.333. The summed E-state index contributed by atoms with van der Waals surface area (Å²) in [6.07, 6.45) is 0.0370. The number of carbonyl (C=O) groups is 1. The number of benzene rings is 2. The molecule has 0 aliphatic carbocycles. The van der Waals surface area contributed by atoms with Gasteiger partial charge in [-0.05, 0) is 31.2 Å². The lowest BCUT2D eigenvalue weighted by atomic mass is 10.1. The molecule has 11 heteroatoms. The number of methoxy groups -OCH3 is 2. The first-order valence-corrected chi connectivity index (χ1v) is 12.2. The Morgan fingerprint density at radius 2 is 1.94 bits per heavy atom. The van der Waals surface area contributed by atoms with Gasteiger partial charge in [0.05, 0.1) is 42.4 Å². The smallest absolute Gasteiger partial charge is 0.252 e. The van der Waals surface area contributed by atoms with Crippen molar-refractivity contribution in [2.75, 3.05) is 27.4 Å². The predicted molar refractivity (Wildman–Crippen MR) is 122 cm³/mol. The van der Waals surface area contributed by atoms with Crippen LogP contribution < -0.4 is 19.4 Å². The fourth-order valence-electron chi connectivity index (χ4n) is 3.14. The number of aromatic nitrogens is 1. The first-order chi connectivity index (χ1) is 15.3. The Hall–Kier alpha value is -2.73. The van der Waals surface area contributed by atoms with Crippen molar-refractivity contribution in [1.29, 1.82) is 0 Å². The standard InChI is InChI=1S/C21H25N3O6S2/c1-4-30-10-9-24-17-8-7-16(32(22,26)27)13-19(17)31-21(24)23-20(25)11-14-5-6-15(28-2)12-18(14)29-3/h5-8,12-13H,4,9-11H2,1-3H3,(H2,22,26,27). The Morgan fingerprint density at radius 1 is 1.16 bits per heavy atom. The molecule has 0 bridgehead atoms. The second kappa shape index (κ2) is 10.3. The number of rotatable bonds is 9. The summed E-state index contributed by atoms with van der Waals surface area (Å²) in [7, 11) is -0.766. The molecule has 1 heterocycles. The third kappa shape index (κ3) is 5.54. The topological polar surface area (TPSA) is 122 Å². The minimum atomic E-state index is -3.84. The molecule has 3 rings (SSSR count). The molecule has 0 unspecified atom stereocenters. The van der Waals surface area contributed by atoms with Crippen LogP contribution in [0.5, 0.6) is 11.5 Å². The van der Waals surface area contributed by atoms with Crippen LogP contribution in [0.2, 0.25) is 0 Å². The van der Waals surface area contributed by atoms with Crippen molar-refractivity contribution in [3.05, 3.63) is 46.8 Å². The Kier molecular flexibility index (Phi) is 7.67. The number of nitrogens with zero attached hydrogens (tertiary/aromatic N) is 2. The van der Waals surface area contributed by atoms with E-state index in [1.807, 2.05) is 11.5 Å². The molecule has 172 valence electrons. The van der Waals surface area contributed by atoms with Crippen molar-refractivity contribution in [1.82, 2.24) is 4.57 Å². The van der Waals surface area contributed by atoms with Gasteiger partial charge >= 0.3 is 0 Å². The average molecular weight is 480 g/mol. The summed E-state index contributed by atoms with van der Waals surface area (Å²) < 4.78 is 41.9. The fourth-order valence-corrected chi connectivity index (χ4v) is 4.87. The molecular formula is C21H25N3O6S2. The zero-order valence-electron chi connectivity index (χ0n) is 18.0. The van der Waals surface area contributed by atoms with Crippen molar-refractivity contribution in [3.8, 4) is 11.5 Å². The highest BCUT2D eigenvalue weighted by atomic mass is 32.2. The number of sulfonamides is 1. The molecule has 9 nitrogen and oxygen atoms in total. The van der Waals surface area contributed by atoms with Crippen LogP contribution in [0.25, 0.3) is 10.2 Å². The largest absolute Gasteiger partial charge is 0.497 e. The normalized spacial score (nSPS) is 12.3. The van der Waals surface area contributed by atoms with Crippen LogP contribution in [0.15, 0.2) is 46.3 Å². The Labute approximate surface area is 190 Å². The number of amides is 1. The van der Waals surface area contributed by atoms with Crippen LogP contribution in [0.1, 0.15) is 12.5 Å². The highest BCUT2D eigenvalue weighted by Crippen LogP contribution is 2.25. The van der Waals surface area contributed by atoms with Crippen molar-refractivity contribution in [2.24, 2.45) is 10.1 Å². The van der Waals surface area contributed by atoms with Gasteiger partial charge in [-0.15, -0.1) is 0 Å². The van der Waals surface area contributed by atoms with Gasteiger partial charge in [-0.1, -0.05) is 17.4 Å². The van der Waals surface area contributed by atoms with Gasteiger partial charge in [0.15, 0.2) is 4.80 Å². The minimum absolute atomic E-state index is 0.00375. The van der Waals surface area contributed by atoms with E-state index in [1.165, 1.54) is 30.6 Å². The van der Waals surface area contributed by atoms with E-state index in [4.69, 9.17) is 19.3 Å². The van der Waals surface area contributed by atoms with Crippen molar-refractivity contribution < 1.29 is 27.4 Å². The van der Waals surface area contributed by atoms with Gasteiger partial charge in [0.1, 0.15) is 11.5 Å². The van der Waals surface area contributed by atoms with Gasteiger partial charge in [0, 0.05) is 24.8 Å². The molecule has 0 saturated heterocycles. The lowest BCUT2D eigenvalue weighted by Crippen LogP contribution is -2.20. The maximum absolute atomic E-state index is 12.8. The van der Waals surface area contributed by atoms with E-state index >= 15 is 0 Å². The third-order valence-electron chi connectivity index (χ3n) is 4.70. The van der Waals surface area contributed by atoms with E-state index in [0.717, 1.165) is 5.52 Å². The molecule has 0 fully saturated rings. The van der Waals surface area contributed by atoms with Crippen LogP contribution in [0.3, 0.4) is 0 Å². The molecule has 1 amide bonds. The minimum Gasteiger partial charge on any atom is -0.497 e. The van der Waals surface area contributed by atoms with Crippen LogP contribution >= 0.6 is 11.3 Å². The lowest BCUT2D eigenvalue weighted by molar-refractivity contribution is -0.117. The summed E-state index contributed by atoms with van der Waals surface area (Å²) >= 11 is 1.22. The van der Waals surface area contributed by atoms with Crippen LogP contribution in [-0.2, 0) is 32.5 Å². The van der Waals surface area contributed by atoms with Crippen LogP contribution in [-0.4, -0.2) is 46.3 Å². The van der Waals surface area contributed by atoms with E-state index in [1.54, 1.807) is 31.4 Å². The molecule has 0 aliphatic rings. The Balaban J connectivity index is 2.01. The quantitative estimate of drug-likeness (QED) is 0.469. The van der Waals surface area contributed by atoms with E-state index in [0.29, 0.717) is 46.3 Å². The van der Waals surface area contributed by atoms with E-state index in [2.05, 4.69) is 4.99 Å². The molecule has 0 spiro atoms. The molecule has 2 N–H and O–H groups in total. The van der Waals surface area contributed by atoms with E-state index in [9.17, 15) is 13.2 Å². The SMILES string of the molecule is CCOCCn1c(=NC(=O)Cc2ccc(OC)cc2OC)sc2cc(S(N)(=O)=O)ccc21. The van der Waals surface area contributed by atoms with E-state index < -0.39 is 10.0 Å². The zero-order chi connectivity index (χ0) is 23.3. The average Bonchev–Trinajstić information content (AvgIpc) is 3.09. The molecule has 0 atom stereocenters. The number of hydrogen-bond donors (Lipinski definition) is 1. The monoisotopic (exact) mass is 479 g/mol. The molecule has 0 radical (unpaired) electrons. The zero-order valence-corrected chi connectivity index (χ0v) is 19.7. The van der Waals surface area contributed by atoms with Gasteiger partial charge in [-0.3, -0.25) is 4.79 Å². The molecular weight excluding hydrogens is 454 g/mol. The van der Waals surface area contributed by atoms with Crippen LogP contribution in [0, 0.1) is 0 Å². The third-order valence-corrected chi connectivity index (χ3v) is 6.65. The number of carbonyl (C=O) groups excluding carboxylic acids is 1. The Morgan fingerprint density at radius 3 is 2.59 bits per heavy atom.